The van der Waals surface area contributed by atoms with Gasteiger partial charge in [0.15, 0.2) is 0 Å². The summed E-state index contributed by atoms with van der Waals surface area (Å²) in [5.41, 5.74) is 8.20. The smallest absolute Gasteiger partial charge is 0.327 e. The third-order valence-corrected chi connectivity index (χ3v) is 13.6. The molecule has 78 heavy (non-hydrogen) atoms. The molecule has 14 nitrogen and oxygen atoms in total. The summed E-state index contributed by atoms with van der Waals surface area (Å²) in [5.74, 6) is 1.26. The summed E-state index contributed by atoms with van der Waals surface area (Å²) in [6, 6.07) is 49.2. The fourth-order valence-corrected chi connectivity index (χ4v) is 10.0. The first-order valence-electron chi connectivity index (χ1n) is 25.1. The highest BCUT2D eigenvalue weighted by Gasteiger charge is 2.34. The molecule has 4 aromatic heterocycles. The quantitative estimate of drug-likeness (QED) is 0.0386. The van der Waals surface area contributed by atoms with Crippen LogP contribution in [-0.2, 0) is 26.0 Å². The van der Waals surface area contributed by atoms with Crippen molar-refractivity contribution in [3.8, 4) is 40.1 Å². The van der Waals surface area contributed by atoms with E-state index >= 15 is 0 Å². The van der Waals surface area contributed by atoms with Gasteiger partial charge in [0.2, 0.25) is 5.70 Å². The Hall–Kier alpha value is -8.38. The molecular weight excluding hydrogens is 1020 g/mol. The number of nitriles is 1. The fourth-order valence-electron chi connectivity index (χ4n) is 9.67. The second-order valence-electron chi connectivity index (χ2n) is 18.0. The Morgan fingerprint density at radius 2 is 1.05 bits per heavy atom. The summed E-state index contributed by atoms with van der Waals surface area (Å²) in [4.78, 5) is 24.3. The number of methoxy groups -OCH3 is 2. The molecule has 0 atom stereocenters. The zero-order valence-corrected chi connectivity index (χ0v) is 44.5. The van der Waals surface area contributed by atoms with Crippen LogP contribution in [0, 0.1) is 17.9 Å². The molecule has 0 aliphatic rings. The zero-order chi connectivity index (χ0) is 54.0. The minimum absolute atomic E-state index is 0.216. The molecule has 0 saturated heterocycles. The number of ether oxygens (including phenoxy) is 6. The van der Waals surface area contributed by atoms with E-state index in [-0.39, 0.29) is 11.3 Å². The van der Waals surface area contributed by atoms with Crippen molar-refractivity contribution >= 4 is 85.1 Å². The minimum Gasteiger partial charge on any atom is -0.491 e. The molecule has 0 amide bonds. The summed E-state index contributed by atoms with van der Waals surface area (Å²) in [6.07, 6.45) is 3.23. The molecule has 17 heteroatoms. The first-order chi connectivity index (χ1) is 38.3. The van der Waals surface area contributed by atoms with E-state index in [1.807, 2.05) is 96.5 Å². The standard InChI is InChI=1S/C61H51BCl2N8O6/c1-66-57(54-39-68-52-36-45(64)20-26-50(52)70-54)61-55-56(59(41-17-23-47(24-18-41)78-34-32-76-30-28-74-4)72(61)62(42-11-7-5-8-12-42)43-13-9-6-10-14-43)60(48(37-65)53-38-67-51-35-44(63)19-25-49(51)69-53)71(2)58(55)40-15-21-46(22-16-40)77-33-31-75-29-27-73-3/h5-26,35-36,38-39H,27-34H2,2-4H3/b60-48-,61-57+. The monoisotopic (exact) mass is 1070 g/mol. The first-order valence-corrected chi connectivity index (χ1v) is 25.9. The molecule has 0 spiro atoms. The van der Waals surface area contributed by atoms with Crippen LogP contribution in [0.5, 0.6) is 11.5 Å². The van der Waals surface area contributed by atoms with E-state index in [1.54, 1.807) is 63.0 Å². The number of halogens is 2. The highest BCUT2D eigenvalue weighted by molar-refractivity contribution is 6.84. The largest absolute Gasteiger partial charge is 0.491 e. The molecule has 0 fully saturated rings. The van der Waals surface area contributed by atoms with Crippen molar-refractivity contribution in [2.24, 2.45) is 7.05 Å². The van der Waals surface area contributed by atoms with E-state index < -0.39 is 6.85 Å². The van der Waals surface area contributed by atoms with Gasteiger partial charge in [0.25, 0.3) is 0 Å². The molecule has 0 N–H and O–H groups in total. The molecule has 0 bridgehead atoms. The van der Waals surface area contributed by atoms with E-state index in [0.29, 0.717) is 141 Å². The predicted molar refractivity (Wildman–Crippen MR) is 307 cm³/mol. The van der Waals surface area contributed by atoms with Crippen molar-refractivity contribution in [2.75, 3.05) is 67.1 Å². The van der Waals surface area contributed by atoms with Crippen LogP contribution in [0.1, 0.15) is 11.4 Å². The molecule has 10 rings (SSSR count). The SMILES string of the molecule is [C-]#[N+]/C(c1cnc2cc(Cl)ccc2n1)=c1\c2c(-c3ccc(OCCOCCOC)cc3)n(C)/c(=C(/C#N)c3cnc4cc(Cl)ccc4n3)c2c(-c2ccc(OCCOCCOC)cc2)n1B(c1ccccc1)c1ccccc1. The van der Waals surface area contributed by atoms with E-state index in [1.165, 1.54) is 0 Å². The third-order valence-electron chi connectivity index (χ3n) is 13.1. The second-order valence-corrected chi connectivity index (χ2v) is 18.9. The molecule has 10 aromatic rings. The highest BCUT2D eigenvalue weighted by atomic mass is 35.5. The number of rotatable bonds is 21. The van der Waals surface area contributed by atoms with Crippen LogP contribution in [-0.4, -0.2) is 103 Å². The van der Waals surface area contributed by atoms with Gasteiger partial charge in [0.1, 0.15) is 42.0 Å². The summed E-state index contributed by atoms with van der Waals surface area (Å²) in [5, 5.41) is 15.1. The molecule has 0 aliphatic heterocycles. The minimum atomic E-state index is -0.572. The summed E-state index contributed by atoms with van der Waals surface area (Å²) in [6.45, 7) is 12.0. The van der Waals surface area contributed by atoms with Crippen LogP contribution < -0.4 is 31.1 Å². The highest BCUT2D eigenvalue weighted by Crippen LogP contribution is 2.37. The zero-order valence-electron chi connectivity index (χ0n) is 43.0. The van der Waals surface area contributed by atoms with Crippen molar-refractivity contribution in [2.45, 2.75) is 0 Å². The molecule has 0 radical (unpaired) electrons. The number of fused-ring (bicyclic) bond motifs is 3. The van der Waals surface area contributed by atoms with Gasteiger partial charge in [-0.25, -0.2) is 9.83 Å². The summed E-state index contributed by atoms with van der Waals surface area (Å²) >= 11 is 12.9. The maximum Gasteiger partial charge on any atom is 0.327 e. The molecule has 0 aliphatic carbocycles. The maximum absolute atomic E-state index is 11.7. The lowest BCUT2D eigenvalue weighted by Crippen LogP contribution is -2.53. The normalized spacial score (nSPS) is 12.1. The van der Waals surface area contributed by atoms with Gasteiger partial charge in [-0.3, -0.25) is 15.0 Å². The van der Waals surface area contributed by atoms with Gasteiger partial charge >= 0.3 is 6.85 Å². The van der Waals surface area contributed by atoms with Crippen LogP contribution in [0.2, 0.25) is 10.0 Å². The lowest BCUT2D eigenvalue weighted by molar-refractivity contribution is 0.0544. The van der Waals surface area contributed by atoms with E-state index in [0.717, 1.165) is 22.1 Å². The molecule has 388 valence electrons. The van der Waals surface area contributed by atoms with Crippen molar-refractivity contribution < 1.29 is 28.4 Å². The first kappa shape index (κ1) is 53.0. The Kier molecular flexibility index (Phi) is 16.8. The van der Waals surface area contributed by atoms with Gasteiger partial charge < -0.3 is 37.5 Å². The van der Waals surface area contributed by atoms with Crippen molar-refractivity contribution in [1.82, 2.24) is 29.0 Å². The van der Waals surface area contributed by atoms with Gasteiger partial charge in [-0.2, -0.15) is 5.26 Å². The molecule has 0 unspecified atom stereocenters. The van der Waals surface area contributed by atoms with Crippen molar-refractivity contribution in [3.05, 3.63) is 202 Å². The van der Waals surface area contributed by atoms with Gasteiger partial charge in [-0.05, 0) is 96.1 Å². The summed E-state index contributed by atoms with van der Waals surface area (Å²) in [7, 11) is 5.20. The van der Waals surface area contributed by atoms with Crippen LogP contribution in [0.4, 0.5) is 0 Å². The Morgan fingerprint density at radius 3 is 1.55 bits per heavy atom. The van der Waals surface area contributed by atoms with Crippen molar-refractivity contribution in [3.63, 3.8) is 0 Å². The van der Waals surface area contributed by atoms with Gasteiger partial charge in [0.05, 0.1) is 91.2 Å². The summed E-state index contributed by atoms with van der Waals surface area (Å²) < 4.78 is 38.3. The Balaban J connectivity index is 1.37. The predicted octanol–water partition coefficient (Wildman–Crippen LogP) is 9.04. The van der Waals surface area contributed by atoms with Crippen LogP contribution in [0.15, 0.2) is 158 Å². The molecule has 0 saturated carbocycles. The number of hydrogen-bond donors (Lipinski definition) is 0. The lowest BCUT2D eigenvalue weighted by atomic mass is 9.50. The number of nitrogens with zero attached hydrogens (tertiary/aromatic N) is 8. The average Bonchev–Trinajstić information content (AvgIpc) is 4.18. The van der Waals surface area contributed by atoms with E-state index in [4.69, 9.17) is 71.6 Å². The topological polar surface area (TPSA) is 145 Å². The van der Waals surface area contributed by atoms with Crippen LogP contribution >= 0.6 is 23.2 Å². The van der Waals surface area contributed by atoms with Gasteiger partial charge in [0, 0.05) is 59.3 Å². The number of hydrogen-bond acceptors (Lipinski definition) is 11. The lowest BCUT2D eigenvalue weighted by Gasteiger charge is -2.22. The molecule has 6 aromatic carbocycles. The fraction of sp³-hybridized carbons (Fsp3) is 0.180. The van der Waals surface area contributed by atoms with Gasteiger partial charge in [-0.15, -0.1) is 0 Å². The van der Waals surface area contributed by atoms with Gasteiger partial charge in [-0.1, -0.05) is 94.8 Å². The van der Waals surface area contributed by atoms with Crippen LogP contribution in [0.25, 0.3) is 71.5 Å². The van der Waals surface area contributed by atoms with E-state index in [2.05, 4.69) is 39.7 Å². The Morgan fingerprint density at radius 1 is 0.577 bits per heavy atom. The Labute approximate surface area is 461 Å². The number of aromatic nitrogens is 6. The Bertz CT molecular complexity index is 3940. The average molecular weight is 1070 g/mol. The molecule has 4 heterocycles. The second kappa shape index (κ2) is 24.7. The van der Waals surface area contributed by atoms with Crippen molar-refractivity contribution in [1.29, 1.82) is 5.26 Å². The third kappa shape index (κ3) is 11.2. The maximum atomic E-state index is 11.7. The molecular formula is C61H51BCl2N8O6. The van der Waals surface area contributed by atoms with Crippen LogP contribution in [0.3, 0.4) is 0 Å². The number of benzene rings is 6. The van der Waals surface area contributed by atoms with E-state index in [9.17, 15) is 11.8 Å².